The largest absolute Gasteiger partial charge is 0.354 e. The molecule has 0 heterocycles. The number of carbonyl (C=O) groups is 2. The Morgan fingerprint density at radius 1 is 0.892 bits per heavy atom. The van der Waals surface area contributed by atoms with Crippen molar-refractivity contribution in [3.8, 4) is 0 Å². The van der Waals surface area contributed by atoms with Gasteiger partial charge >= 0.3 is 0 Å². The lowest BCUT2D eigenvalue weighted by Crippen LogP contribution is -2.51. The molecule has 8 heteroatoms. The third-order valence-electron chi connectivity index (χ3n) is 5.90. The van der Waals surface area contributed by atoms with Crippen molar-refractivity contribution in [3.05, 3.63) is 105 Å². The number of nitrogens with one attached hydrogen (secondary N) is 1. The first-order valence-corrected chi connectivity index (χ1v) is 14.5. The van der Waals surface area contributed by atoms with Crippen LogP contribution in [0, 0.1) is 0 Å². The SMILES string of the molecule is CCCCNC(=O)C(Cc1ccccc1)N(Cc1ccc(Cl)cc1)C(=O)CSCc1c(Cl)cccc1Cl. The van der Waals surface area contributed by atoms with E-state index in [1.807, 2.05) is 42.5 Å². The first-order chi connectivity index (χ1) is 17.9. The normalized spacial score (nSPS) is 11.7. The van der Waals surface area contributed by atoms with Crippen molar-refractivity contribution < 1.29 is 9.59 Å². The van der Waals surface area contributed by atoms with Gasteiger partial charge in [-0.15, -0.1) is 11.8 Å². The van der Waals surface area contributed by atoms with Crippen LogP contribution in [0.1, 0.15) is 36.5 Å². The summed E-state index contributed by atoms with van der Waals surface area (Å²) in [7, 11) is 0. The number of unbranched alkanes of at least 4 members (excludes halogenated alkanes) is 1. The van der Waals surface area contributed by atoms with Crippen molar-refractivity contribution in [3.63, 3.8) is 0 Å². The second-order valence-electron chi connectivity index (χ2n) is 8.69. The van der Waals surface area contributed by atoms with Crippen molar-refractivity contribution in [2.45, 2.75) is 44.5 Å². The average molecular weight is 578 g/mol. The van der Waals surface area contributed by atoms with E-state index in [0.717, 1.165) is 29.5 Å². The zero-order valence-electron chi connectivity index (χ0n) is 20.8. The highest BCUT2D eigenvalue weighted by Gasteiger charge is 2.30. The first-order valence-electron chi connectivity index (χ1n) is 12.2. The Morgan fingerprint density at radius 3 is 2.22 bits per heavy atom. The Bertz CT molecular complexity index is 1140. The fourth-order valence-electron chi connectivity index (χ4n) is 3.84. The van der Waals surface area contributed by atoms with Crippen LogP contribution in [0.5, 0.6) is 0 Å². The molecule has 0 bridgehead atoms. The van der Waals surface area contributed by atoms with Crippen LogP contribution in [0.2, 0.25) is 15.1 Å². The second-order valence-corrected chi connectivity index (χ2v) is 10.9. The fourth-order valence-corrected chi connectivity index (χ4v) is 5.61. The molecular weight excluding hydrogens is 547 g/mol. The number of hydrogen-bond donors (Lipinski definition) is 1. The lowest BCUT2D eigenvalue weighted by molar-refractivity contribution is -0.139. The van der Waals surface area contributed by atoms with Crippen molar-refractivity contribution in [1.29, 1.82) is 0 Å². The van der Waals surface area contributed by atoms with E-state index in [-0.39, 0.29) is 17.6 Å². The number of nitrogens with zero attached hydrogens (tertiary/aromatic N) is 1. The van der Waals surface area contributed by atoms with Gasteiger partial charge in [0.1, 0.15) is 6.04 Å². The van der Waals surface area contributed by atoms with Gasteiger partial charge in [-0.25, -0.2) is 0 Å². The first kappa shape index (κ1) is 29.4. The number of rotatable bonds is 13. The molecule has 3 aromatic carbocycles. The van der Waals surface area contributed by atoms with Crippen molar-refractivity contribution in [2.75, 3.05) is 12.3 Å². The van der Waals surface area contributed by atoms with Crippen molar-refractivity contribution in [2.24, 2.45) is 0 Å². The van der Waals surface area contributed by atoms with E-state index < -0.39 is 6.04 Å². The van der Waals surface area contributed by atoms with Gasteiger partial charge in [0.05, 0.1) is 5.75 Å². The molecule has 0 aliphatic heterocycles. The molecule has 0 radical (unpaired) electrons. The fraction of sp³-hybridized carbons (Fsp3) is 0.310. The van der Waals surface area contributed by atoms with Crippen LogP contribution in [0.25, 0.3) is 0 Å². The summed E-state index contributed by atoms with van der Waals surface area (Å²) in [5.41, 5.74) is 2.69. The molecule has 1 unspecified atom stereocenters. The van der Waals surface area contributed by atoms with Gasteiger partial charge in [-0.3, -0.25) is 9.59 Å². The molecule has 0 aromatic heterocycles. The highest BCUT2D eigenvalue weighted by Crippen LogP contribution is 2.28. The van der Waals surface area contributed by atoms with Gasteiger partial charge in [-0.2, -0.15) is 0 Å². The highest BCUT2D eigenvalue weighted by molar-refractivity contribution is 7.99. The number of amides is 2. The summed E-state index contributed by atoms with van der Waals surface area (Å²) in [5, 5.41) is 4.80. The van der Waals surface area contributed by atoms with E-state index in [0.29, 0.717) is 40.3 Å². The minimum atomic E-state index is -0.660. The highest BCUT2D eigenvalue weighted by atomic mass is 35.5. The number of thioether (sulfide) groups is 1. The topological polar surface area (TPSA) is 49.4 Å². The monoisotopic (exact) mass is 576 g/mol. The molecule has 0 spiro atoms. The molecule has 0 aliphatic rings. The van der Waals surface area contributed by atoms with Gasteiger partial charge in [0.25, 0.3) is 0 Å². The van der Waals surface area contributed by atoms with Crippen LogP contribution >= 0.6 is 46.6 Å². The van der Waals surface area contributed by atoms with E-state index in [4.69, 9.17) is 34.8 Å². The predicted octanol–water partition coefficient (Wildman–Crippen LogP) is 7.44. The maximum atomic E-state index is 13.7. The molecule has 0 fully saturated rings. The van der Waals surface area contributed by atoms with Crippen LogP contribution in [-0.2, 0) is 28.3 Å². The lowest BCUT2D eigenvalue weighted by Gasteiger charge is -2.31. The molecule has 196 valence electrons. The Kier molecular flexibility index (Phi) is 12.1. The van der Waals surface area contributed by atoms with Crippen LogP contribution in [-0.4, -0.2) is 35.1 Å². The number of hydrogen-bond acceptors (Lipinski definition) is 3. The molecule has 1 atom stereocenters. The molecule has 2 amide bonds. The molecule has 0 aliphatic carbocycles. The van der Waals surface area contributed by atoms with Gasteiger partial charge in [-0.05, 0) is 47.4 Å². The van der Waals surface area contributed by atoms with Crippen LogP contribution in [0.4, 0.5) is 0 Å². The molecule has 4 nitrogen and oxygen atoms in total. The molecule has 3 rings (SSSR count). The maximum absolute atomic E-state index is 13.7. The summed E-state index contributed by atoms with van der Waals surface area (Å²) < 4.78 is 0. The minimum absolute atomic E-state index is 0.130. The summed E-state index contributed by atoms with van der Waals surface area (Å²) in [4.78, 5) is 28.8. The van der Waals surface area contributed by atoms with Gasteiger partial charge in [0.15, 0.2) is 0 Å². The summed E-state index contributed by atoms with van der Waals surface area (Å²) in [6.45, 7) is 2.94. The van der Waals surface area contributed by atoms with E-state index in [9.17, 15) is 9.59 Å². The Labute approximate surface area is 238 Å². The van der Waals surface area contributed by atoms with Crippen LogP contribution in [0.15, 0.2) is 72.8 Å². The third kappa shape index (κ3) is 9.26. The summed E-state index contributed by atoms with van der Waals surface area (Å²) >= 11 is 20.1. The molecule has 3 aromatic rings. The van der Waals surface area contributed by atoms with E-state index in [1.54, 1.807) is 35.2 Å². The van der Waals surface area contributed by atoms with Crippen LogP contribution in [0.3, 0.4) is 0 Å². The van der Waals surface area contributed by atoms with Gasteiger partial charge in [-0.1, -0.05) is 96.7 Å². The third-order valence-corrected chi connectivity index (χ3v) is 7.80. The number of benzene rings is 3. The van der Waals surface area contributed by atoms with E-state index in [2.05, 4.69) is 12.2 Å². The Balaban J connectivity index is 1.84. The van der Waals surface area contributed by atoms with Gasteiger partial charge < -0.3 is 10.2 Å². The Morgan fingerprint density at radius 2 is 1.57 bits per heavy atom. The predicted molar refractivity (Wildman–Crippen MR) is 156 cm³/mol. The molecule has 1 N–H and O–H groups in total. The van der Waals surface area contributed by atoms with Gasteiger partial charge in [0, 0.05) is 40.3 Å². The number of halogens is 3. The molecule has 0 saturated heterocycles. The quantitative estimate of drug-likeness (QED) is 0.215. The second kappa shape index (κ2) is 15.3. The lowest BCUT2D eigenvalue weighted by atomic mass is 10.0. The van der Waals surface area contributed by atoms with E-state index >= 15 is 0 Å². The van der Waals surface area contributed by atoms with Crippen molar-refractivity contribution in [1.82, 2.24) is 10.2 Å². The standard InChI is InChI=1S/C29H31Cl3N2O2S/c1-2-3-16-33-29(36)27(17-21-8-5-4-6-9-21)34(18-22-12-14-23(30)15-13-22)28(35)20-37-19-24-25(31)10-7-11-26(24)32/h4-15,27H,2-3,16-20H2,1H3,(H,33,36). The van der Waals surface area contributed by atoms with Gasteiger partial charge in [0.2, 0.25) is 11.8 Å². The van der Waals surface area contributed by atoms with E-state index in [1.165, 1.54) is 11.8 Å². The van der Waals surface area contributed by atoms with Crippen LogP contribution < -0.4 is 5.32 Å². The average Bonchev–Trinajstić information content (AvgIpc) is 2.89. The maximum Gasteiger partial charge on any atom is 0.243 e. The Hall–Kier alpha value is -2.18. The molecular formula is C29H31Cl3N2O2S. The minimum Gasteiger partial charge on any atom is -0.354 e. The zero-order valence-corrected chi connectivity index (χ0v) is 23.8. The summed E-state index contributed by atoms with van der Waals surface area (Å²) in [6, 6.07) is 21.8. The molecule has 0 saturated carbocycles. The van der Waals surface area contributed by atoms with Crippen molar-refractivity contribution >= 4 is 58.4 Å². The summed E-state index contributed by atoms with van der Waals surface area (Å²) in [5.74, 6) is 0.391. The number of carbonyl (C=O) groups excluding carboxylic acids is 2. The zero-order chi connectivity index (χ0) is 26.6. The smallest absolute Gasteiger partial charge is 0.243 e. The molecule has 37 heavy (non-hydrogen) atoms. The summed E-state index contributed by atoms with van der Waals surface area (Å²) in [6.07, 6.45) is 2.26.